The molecule has 1 heterocycles. The Morgan fingerprint density at radius 2 is 2.00 bits per heavy atom. The van der Waals surface area contributed by atoms with Gasteiger partial charge in [0.25, 0.3) is 0 Å². The van der Waals surface area contributed by atoms with Gasteiger partial charge in [0.15, 0.2) is 0 Å². The van der Waals surface area contributed by atoms with E-state index in [1.807, 2.05) is 31.2 Å². The third kappa shape index (κ3) is 4.21. The highest BCUT2D eigenvalue weighted by molar-refractivity contribution is 5.91. The van der Waals surface area contributed by atoms with Crippen LogP contribution in [0.5, 0.6) is 0 Å². The number of amides is 1. The Labute approximate surface area is 120 Å². The molecule has 1 fully saturated rings. The van der Waals surface area contributed by atoms with Crippen LogP contribution in [-0.4, -0.2) is 38.3 Å². The molecule has 5 nitrogen and oxygen atoms in total. The highest BCUT2D eigenvalue weighted by Crippen LogP contribution is 2.19. The fraction of sp³-hybridized carbons (Fsp3) is 0.533. The first-order chi connectivity index (χ1) is 9.69. The van der Waals surface area contributed by atoms with Gasteiger partial charge in [-0.3, -0.25) is 4.79 Å². The number of morpholine rings is 1. The summed E-state index contributed by atoms with van der Waals surface area (Å²) in [4.78, 5) is 14.0. The third-order valence-corrected chi connectivity index (χ3v) is 3.50. The summed E-state index contributed by atoms with van der Waals surface area (Å²) in [5, 5.41) is 2.88. The van der Waals surface area contributed by atoms with Crippen LogP contribution in [0, 0.1) is 0 Å². The highest BCUT2D eigenvalue weighted by atomic mass is 16.5. The second-order valence-electron chi connectivity index (χ2n) is 5.07. The zero-order valence-corrected chi connectivity index (χ0v) is 12.0. The Balaban J connectivity index is 1.89. The van der Waals surface area contributed by atoms with Crippen LogP contribution in [0.4, 0.5) is 11.4 Å². The van der Waals surface area contributed by atoms with E-state index in [0.29, 0.717) is 6.42 Å². The van der Waals surface area contributed by atoms with E-state index >= 15 is 0 Å². The van der Waals surface area contributed by atoms with Crippen LogP contribution in [-0.2, 0) is 9.53 Å². The van der Waals surface area contributed by atoms with E-state index in [-0.39, 0.29) is 11.9 Å². The lowest BCUT2D eigenvalue weighted by Gasteiger charge is -2.28. The number of hydrogen-bond acceptors (Lipinski definition) is 4. The van der Waals surface area contributed by atoms with Crippen molar-refractivity contribution in [1.82, 2.24) is 0 Å². The molecule has 20 heavy (non-hydrogen) atoms. The molecule has 0 spiro atoms. The molecule has 0 saturated carbocycles. The Hall–Kier alpha value is -1.59. The van der Waals surface area contributed by atoms with Gasteiger partial charge in [-0.05, 0) is 30.7 Å². The molecule has 1 saturated heterocycles. The SMILES string of the molecule is CCC(N)CC(=O)Nc1ccc(N2CCOCC2)cc1. The average molecular weight is 277 g/mol. The third-order valence-electron chi connectivity index (χ3n) is 3.50. The molecule has 0 radical (unpaired) electrons. The van der Waals surface area contributed by atoms with E-state index in [1.54, 1.807) is 0 Å². The van der Waals surface area contributed by atoms with E-state index in [1.165, 1.54) is 0 Å². The summed E-state index contributed by atoms with van der Waals surface area (Å²) < 4.78 is 5.33. The molecule has 1 aliphatic rings. The minimum Gasteiger partial charge on any atom is -0.378 e. The van der Waals surface area contributed by atoms with Gasteiger partial charge in [0.2, 0.25) is 5.91 Å². The van der Waals surface area contributed by atoms with Crippen molar-refractivity contribution >= 4 is 17.3 Å². The van der Waals surface area contributed by atoms with Crippen LogP contribution < -0.4 is 16.0 Å². The summed E-state index contributed by atoms with van der Waals surface area (Å²) >= 11 is 0. The van der Waals surface area contributed by atoms with E-state index in [4.69, 9.17) is 10.5 Å². The van der Waals surface area contributed by atoms with Crippen molar-refractivity contribution in [3.05, 3.63) is 24.3 Å². The van der Waals surface area contributed by atoms with E-state index < -0.39 is 0 Å². The van der Waals surface area contributed by atoms with Crippen LogP contribution in [0.15, 0.2) is 24.3 Å². The first-order valence-electron chi connectivity index (χ1n) is 7.17. The van der Waals surface area contributed by atoms with E-state index in [9.17, 15) is 4.79 Å². The molecule has 1 atom stereocenters. The first kappa shape index (κ1) is 14.8. The number of anilines is 2. The minimum absolute atomic E-state index is 0.0292. The largest absolute Gasteiger partial charge is 0.378 e. The van der Waals surface area contributed by atoms with Crippen molar-refractivity contribution in [2.45, 2.75) is 25.8 Å². The van der Waals surface area contributed by atoms with Crippen molar-refractivity contribution in [2.75, 3.05) is 36.5 Å². The number of rotatable bonds is 5. The maximum absolute atomic E-state index is 11.8. The van der Waals surface area contributed by atoms with Crippen molar-refractivity contribution in [1.29, 1.82) is 0 Å². The quantitative estimate of drug-likeness (QED) is 0.857. The van der Waals surface area contributed by atoms with Crippen LogP contribution in [0.3, 0.4) is 0 Å². The second-order valence-corrected chi connectivity index (χ2v) is 5.07. The van der Waals surface area contributed by atoms with Crippen LogP contribution in [0.2, 0.25) is 0 Å². The van der Waals surface area contributed by atoms with Gasteiger partial charge in [0, 0.05) is 36.9 Å². The maximum Gasteiger partial charge on any atom is 0.225 e. The van der Waals surface area contributed by atoms with Crippen LogP contribution in [0.25, 0.3) is 0 Å². The number of nitrogens with zero attached hydrogens (tertiary/aromatic N) is 1. The van der Waals surface area contributed by atoms with E-state index in [2.05, 4.69) is 10.2 Å². The minimum atomic E-state index is -0.0670. The second kappa shape index (κ2) is 7.26. The number of carbonyl (C=O) groups excluding carboxylic acids is 1. The summed E-state index contributed by atoms with van der Waals surface area (Å²) in [7, 11) is 0. The Kier molecular flexibility index (Phi) is 5.38. The Morgan fingerprint density at radius 3 is 2.60 bits per heavy atom. The summed E-state index contributed by atoms with van der Waals surface area (Å²) in [6.45, 7) is 5.35. The fourth-order valence-electron chi connectivity index (χ4n) is 2.17. The summed E-state index contributed by atoms with van der Waals surface area (Å²) in [5.41, 5.74) is 7.75. The van der Waals surface area contributed by atoms with Gasteiger partial charge in [-0.25, -0.2) is 0 Å². The molecule has 1 unspecified atom stereocenters. The number of benzene rings is 1. The molecule has 0 aromatic heterocycles. The Morgan fingerprint density at radius 1 is 1.35 bits per heavy atom. The lowest BCUT2D eigenvalue weighted by molar-refractivity contribution is -0.116. The van der Waals surface area contributed by atoms with Gasteiger partial charge < -0.3 is 20.7 Å². The summed E-state index contributed by atoms with van der Waals surface area (Å²) in [5.74, 6) is -0.0292. The predicted octanol–water partition coefficient (Wildman–Crippen LogP) is 1.59. The van der Waals surface area contributed by atoms with Crippen molar-refractivity contribution in [3.63, 3.8) is 0 Å². The van der Waals surface area contributed by atoms with Crippen LogP contribution in [0.1, 0.15) is 19.8 Å². The maximum atomic E-state index is 11.8. The molecule has 5 heteroatoms. The molecule has 0 bridgehead atoms. The molecule has 1 aromatic rings. The van der Waals surface area contributed by atoms with Crippen LogP contribution >= 0.6 is 0 Å². The van der Waals surface area contributed by atoms with Crippen molar-refractivity contribution in [3.8, 4) is 0 Å². The fourth-order valence-corrected chi connectivity index (χ4v) is 2.17. The molecule has 0 aliphatic carbocycles. The number of hydrogen-bond donors (Lipinski definition) is 2. The monoisotopic (exact) mass is 277 g/mol. The first-order valence-corrected chi connectivity index (χ1v) is 7.17. The van der Waals surface area contributed by atoms with Gasteiger partial charge in [-0.15, -0.1) is 0 Å². The molecular formula is C15H23N3O2. The van der Waals surface area contributed by atoms with Gasteiger partial charge in [0.05, 0.1) is 13.2 Å². The van der Waals surface area contributed by atoms with Gasteiger partial charge in [-0.1, -0.05) is 6.92 Å². The standard InChI is InChI=1S/C15H23N3O2/c1-2-12(16)11-15(19)17-13-3-5-14(6-4-13)18-7-9-20-10-8-18/h3-6,12H,2,7-11,16H2,1H3,(H,17,19). The molecule has 2 rings (SSSR count). The molecule has 1 aromatic carbocycles. The Bertz CT molecular complexity index is 427. The topological polar surface area (TPSA) is 67.6 Å². The average Bonchev–Trinajstić information content (AvgIpc) is 2.48. The summed E-state index contributed by atoms with van der Waals surface area (Å²) in [6.07, 6.45) is 1.17. The van der Waals surface area contributed by atoms with Crippen molar-refractivity contribution in [2.24, 2.45) is 5.73 Å². The zero-order chi connectivity index (χ0) is 14.4. The number of ether oxygens (including phenoxy) is 1. The molecule has 3 N–H and O–H groups in total. The highest BCUT2D eigenvalue weighted by Gasteiger charge is 2.11. The smallest absolute Gasteiger partial charge is 0.225 e. The lowest BCUT2D eigenvalue weighted by atomic mass is 10.1. The summed E-state index contributed by atoms with van der Waals surface area (Å²) in [6, 6.07) is 7.85. The number of carbonyl (C=O) groups is 1. The molecule has 1 amide bonds. The van der Waals surface area contributed by atoms with Crippen molar-refractivity contribution < 1.29 is 9.53 Å². The van der Waals surface area contributed by atoms with Gasteiger partial charge in [0.1, 0.15) is 0 Å². The lowest BCUT2D eigenvalue weighted by Crippen LogP contribution is -2.36. The number of nitrogens with two attached hydrogens (primary N) is 1. The van der Waals surface area contributed by atoms with Gasteiger partial charge in [-0.2, -0.15) is 0 Å². The zero-order valence-electron chi connectivity index (χ0n) is 12.0. The van der Waals surface area contributed by atoms with E-state index in [0.717, 1.165) is 44.1 Å². The van der Waals surface area contributed by atoms with Gasteiger partial charge >= 0.3 is 0 Å². The molecule has 110 valence electrons. The molecular weight excluding hydrogens is 254 g/mol. The molecule has 1 aliphatic heterocycles. The normalized spacial score (nSPS) is 16.8. The predicted molar refractivity (Wildman–Crippen MR) is 81.0 cm³/mol. The number of nitrogens with one attached hydrogen (secondary N) is 1.